The Morgan fingerprint density at radius 2 is 1.90 bits per heavy atom. The summed E-state index contributed by atoms with van der Waals surface area (Å²) >= 11 is 0. The summed E-state index contributed by atoms with van der Waals surface area (Å²) in [6.07, 6.45) is -3.08. The van der Waals surface area contributed by atoms with Gasteiger partial charge in [0, 0.05) is 16.7 Å². The highest BCUT2D eigenvalue weighted by Crippen LogP contribution is 2.67. The molecule has 0 amide bonds. The molecule has 0 spiro atoms. The molecule has 3 N–H and O–H groups in total. The molecular formula is C21H27FO7. The highest BCUT2D eigenvalue weighted by atomic mass is 19.1. The number of hydrogen-bond acceptors (Lipinski definition) is 7. The quantitative estimate of drug-likeness (QED) is 0.437. The van der Waals surface area contributed by atoms with E-state index in [1.807, 2.05) is 0 Å². The molecule has 0 heterocycles. The Kier molecular flexibility index (Phi) is 4.47. The van der Waals surface area contributed by atoms with E-state index in [-0.39, 0.29) is 25.2 Å². The molecule has 8 heteroatoms. The highest BCUT2D eigenvalue weighted by Gasteiger charge is 2.72. The molecule has 4 aliphatic rings. The zero-order valence-corrected chi connectivity index (χ0v) is 16.6. The molecule has 4 saturated carbocycles. The van der Waals surface area contributed by atoms with Crippen LogP contribution in [0.3, 0.4) is 0 Å². The summed E-state index contributed by atoms with van der Waals surface area (Å²) in [6.45, 7) is 2.33. The SMILES string of the molecule is C[C@]12C(=O)CC(=O)C(=O)C1[C@@H](F)C[C@@H]1[C@@H]2[C@@H](O)C[C@@]2(C)[C@H]1CC[C@]2(O)C(=O)CO. The number of carbonyl (C=O) groups excluding carboxylic acids is 4. The zero-order chi connectivity index (χ0) is 21.5. The average Bonchev–Trinajstić information content (AvgIpc) is 2.91. The third kappa shape index (κ3) is 2.33. The van der Waals surface area contributed by atoms with Crippen LogP contribution in [-0.2, 0) is 19.2 Å². The van der Waals surface area contributed by atoms with Crippen molar-refractivity contribution < 1.29 is 38.9 Å². The van der Waals surface area contributed by atoms with Crippen molar-refractivity contribution in [2.24, 2.45) is 34.5 Å². The van der Waals surface area contributed by atoms with Crippen molar-refractivity contribution in [1.82, 2.24) is 0 Å². The Bertz CT molecular complexity index is 811. The van der Waals surface area contributed by atoms with E-state index in [0.29, 0.717) is 6.42 Å². The maximum absolute atomic E-state index is 15.3. The number of aliphatic hydroxyl groups is 3. The van der Waals surface area contributed by atoms with E-state index < -0.39 is 82.6 Å². The summed E-state index contributed by atoms with van der Waals surface area (Å²) in [4.78, 5) is 49.7. The summed E-state index contributed by atoms with van der Waals surface area (Å²) in [5.41, 5.74) is -4.39. The van der Waals surface area contributed by atoms with Crippen LogP contribution < -0.4 is 0 Å². The van der Waals surface area contributed by atoms with Crippen LogP contribution in [-0.4, -0.2) is 62.9 Å². The summed E-state index contributed by atoms with van der Waals surface area (Å²) in [5.74, 6) is -6.00. The first-order chi connectivity index (χ1) is 13.4. The van der Waals surface area contributed by atoms with Crippen molar-refractivity contribution >= 4 is 23.1 Å². The van der Waals surface area contributed by atoms with Crippen LogP contribution in [0.4, 0.5) is 4.39 Å². The molecule has 0 aliphatic heterocycles. The minimum Gasteiger partial charge on any atom is -0.393 e. The van der Waals surface area contributed by atoms with Crippen molar-refractivity contribution in [3.05, 3.63) is 0 Å². The minimum atomic E-state index is -1.83. The lowest BCUT2D eigenvalue weighted by Gasteiger charge is -2.61. The number of alkyl halides is 1. The van der Waals surface area contributed by atoms with Gasteiger partial charge in [-0.3, -0.25) is 19.2 Å². The van der Waals surface area contributed by atoms with Crippen LogP contribution in [0.5, 0.6) is 0 Å². The van der Waals surface area contributed by atoms with Gasteiger partial charge in [-0.15, -0.1) is 0 Å². The molecule has 7 nitrogen and oxygen atoms in total. The molecule has 4 rings (SSSR count). The number of aliphatic hydroxyl groups excluding tert-OH is 2. The maximum atomic E-state index is 15.3. The first-order valence-electron chi connectivity index (χ1n) is 10.2. The molecular weight excluding hydrogens is 383 g/mol. The van der Waals surface area contributed by atoms with Gasteiger partial charge in [-0.1, -0.05) is 13.8 Å². The van der Waals surface area contributed by atoms with Gasteiger partial charge in [0.2, 0.25) is 11.6 Å². The standard InChI is InChI=1S/C21H27FO7/c1-19-7-13(25)16-9(10(19)3-4-21(19,29)15(27)8-23)5-11(22)17-18(28)12(24)6-14(26)20(16,17)2/h9-11,13,16-17,23,25,29H,3-8H2,1-2H3/t9-,10-,11-,13-,16+,17?,19-,20+,21-/m0/s1. The van der Waals surface area contributed by atoms with Crippen LogP contribution in [0.15, 0.2) is 0 Å². The smallest absolute Gasteiger partial charge is 0.206 e. The second kappa shape index (κ2) is 6.25. The molecule has 0 saturated heterocycles. The van der Waals surface area contributed by atoms with Gasteiger partial charge in [0.25, 0.3) is 0 Å². The number of hydrogen-bond donors (Lipinski definition) is 3. The maximum Gasteiger partial charge on any atom is 0.206 e. The largest absolute Gasteiger partial charge is 0.393 e. The van der Waals surface area contributed by atoms with E-state index in [0.717, 1.165) is 0 Å². The van der Waals surface area contributed by atoms with E-state index in [4.69, 9.17) is 0 Å². The molecule has 0 aromatic rings. The lowest BCUT2D eigenvalue weighted by Crippen LogP contribution is -2.68. The number of carbonyl (C=O) groups is 4. The minimum absolute atomic E-state index is 0.00421. The third-order valence-electron chi connectivity index (χ3n) is 8.89. The lowest BCUT2D eigenvalue weighted by atomic mass is 9.42. The van der Waals surface area contributed by atoms with Gasteiger partial charge in [0.05, 0.1) is 18.4 Å². The summed E-state index contributed by atoms with van der Waals surface area (Å²) in [6, 6.07) is 0. The van der Waals surface area contributed by atoms with Crippen LogP contribution in [0.2, 0.25) is 0 Å². The number of ketones is 4. The second-order valence-electron chi connectivity index (χ2n) is 9.86. The fourth-order valence-electron chi connectivity index (χ4n) is 7.49. The van der Waals surface area contributed by atoms with E-state index in [1.165, 1.54) is 6.92 Å². The molecule has 29 heavy (non-hydrogen) atoms. The van der Waals surface area contributed by atoms with Gasteiger partial charge in [0.1, 0.15) is 24.2 Å². The van der Waals surface area contributed by atoms with E-state index in [2.05, 4.69) is 0 Å². The normalized spacial score (nSPS) is 52.0. The van der Waals surface area contributed by atoms with E-state index in [1.54, 1.807) is 6.92 Å². The van der Waals surface area contributed by atoms with Gasteiger partial charge in [0.15, 0.2) is 5.78 Å². The number of halogens is 1. The molecule has 0 radical (unpaired) electrons. The molecule has 0 bridgehead atoms. The fraction of sp³-hybridized carbons (Fsp3) is 0.810. The Balaban J connectivity index is 1.80. The Morgan fingerprint density at radius 3 is 2.52 bits per heavy atom. The molecule has 9 atom stereocenters. The number of Topliss-reactive ketones (excluding diaryl/α,β-unsaturated/α-hetero) is 4. The predicted molar refractivity (Wildman–Crippen MR) is 96.2 cm³/mol. The van der Waals surface area contributed by atoms with Crippen LogP contribution in [0, 0.1) is 34.5 Å². The number of rotatable bonds is 2. The summed E-state index contributed by atoms with van der Waals surface area (Å²) in [7, 11) is 0. The molecule has 0 aromatic carbocycles. The molecule has 0 aromatic heterocycles. The molecule has 160 valence electrons. The van der Waals surface area contributed by atoms with Gasteiger partial charge in [-0.25, -0.2) is 4.39 Å². The monoisotopic (exact) mass is 410 g/mol. The van der Waals surface area contributed by atoms with Crippen molar-refractivity contribution in [1.29, 1.82) is 0 Å². The fourth-order valence-corrected chi connectivity index (χ4v) is 7.49. The van der Waals surface area contributed by atoms with Crippen LogP contribution >= 0.6 is 0 Å². The van der Waals surface area contributed by atoms with Crippen molar-refractivity contribution in [2.45, 2.75) is 63.8 Å². The first-order valence-corrected chi connectivity index (χ1v) is 10.2. The van der Waals surface area contributed by atoms with Gasteiger partial charge in [-0.05, 0) is 37.5 Å². The summed E-state index contributed by atoms with van der Waals surface area (Å²) in [5, 5.41) is 31.6. The Labute approximate surface area is 167 Å². The first kappa shape index (κ1) is 20.8. The van der Waals surface area contributed by atoms with Crippen LogP contribution in [0.1, 0.15) is 46.0 Å². The molecule has 1 unspecified atom stereocenters. The number of fused-ring (bicyclic) bond motifs is 5. The second-order valence-corrected chi connectivity index (χ2v) is 9.86. The Hall–Kier alpha value is -1.51. The van der Waals surface area contributed by atoms with Gasteiger partial charge in [-0.2, -0.15) is 0 Å². The molecule has 4 fully saturated rings. The van der Waals surface area contributed by atoms with E-state index >= 15 is 4.39 Å². The van der Waals surface area contributed by atoms with E-state index in [9.17, 15) is 34.5 Å². The molecule has 4 aliphatic carbocycles. The third-order valence-corrected chi connectivity index (χ3v) is 8.89. The van der Waals surface area contributed by atoms with Crippen molar-refractivity contribution in [3.8, 4) is 0 Å². The highest BCUT2D eigenvalue weighted by molar-refractivity contribution is 6.44. The average molecular weight is 410 g/mol. The Morgan fingerprint density at radius 1 is 1.24 bits per heavy atom. The van der Waals surface area contributed by atoms with Crippen molar-refractivity contribution in [3.63, 3.8) is 0 Å². The zero-order valence-electron chi connectivity index (χ0n) is 16.6. The predicted octanol–water partition coefficient (Wildman–Crippen LogP) is 0.167. The topological polar surface area (TPSA) is 129 Å². The van der Waals surface area contributed by atoms with Crippen LogP contribution in [0.25, 0.3) is 0 Å². The summed E-state index contributed by atoms with van der Waals surface area (Å²) < 4.78 is 15.3. The van der Waals surface area contributed by atoms with Gasteiger partial charge >= 0.3 is 0 Å². The lowest BCUT2D eigenvalue weighted by molar-refractivity contribution is -0.207. The van der Waals surface area contributed by atoms with Crippen molar-refractivity contribution in [2.75, 3.05) is 6.61 Å². The van der Waals surface area contributed by atoms with Gasteiger partial charge < -0.3 is 15.3 Å².